The van der Waals surface area contributed by atoms with E-state index < -0.39 is 0 Å². The minimum absolute atomic E-state index is 0.0661. The van der Waals surface area contributed by atoms with Crippen LogP contribution in [0.3, 0.4) is 0 Å². The molecule has 5 heteroatoms. The van der Waals surface area contributed by atoms with Gasteiger partial charge in [-0.15, -0.1) is 0 Å². The van der Waals surface area contributed by atoms with E-state index in [-0.39, 0.29) is 17.8 Å². The summed E-state index contributed by atoms with van der Waals surface area (Å²) >= 11 is 0. The molecule has 2 N–H and O–H groups in total. The van der Waals surface area contributed by atoms with Gasteiger partial charge in [-0.2, -0.15) is 0 Å². The first kappa shape index (κ1) is 21.3. The topological polar surface area (TPSA) is 44.4 Å². The van der Waals surface area contributed by atoms with Crippen molar-refractivity contribution in [2.24, 2.45) is 5.92 Å². The van der Waals surface area contributed by atoms with E-state index >= 15 is 0 Å². The average Bonchev–Trinajstić information content (AvgIpc) is 3.21. The fourth-order valence-corrected chi connectivity index (χ4v) is 4.21. The fraction of sp³-hybridized carbons (Fsp3) is 0.458. The zero-order valence-electron chi connectivity index (χ0n) is 17.5. The van der Waals surface area contributed by atoms with Crippen LogP contribution >= 0.6 is 0 Å². The van der Waals surface area contributed by atoms with Crippen LogP contribution in [-0.4, -0.2) is 37.0 Å². The standard InChI is InChI=1S/C18H27N3O.C6H5F/c1-3-21-10-7-15(8-11-21)18(20-13(2)22)16-5-4-14-6-9-19-17(14)12-16;7-6-4-2-1-3-5-6/h4-5,12,15,18-19H,3,6-11H2,1-2H3,(H,20,22);1-5H. The molecular weight excluding hydrogens is 365 g/mol. The van der Waals surface area contributed by atoms with Gasteiger partial charge in [0.25, 0.3) is 0 Å². The largest absolute Gasteiger partial charge is 0.384 e. The van der Waals surface area contributed by atoms with Crippen LogP contribution in [0.5, 0.6) is 0 Å². The third-order valence-electron chi connectivity index (χ3n) is 5.85. The summed E-state index contributed by atoms with van der Waals surface area (Å²) < 4.78 is 11.9. The van der Waals surface area contributed by atoms with E-state index in [0.29, 0.717) is 5.92 Å². The van der Waals surface area contributed by atoms with Crippen molar-refractivity contribution in [3.8, 4) is 0 Å². The third kappa shape index (κ3) is 6.04. The highest BCUT2D eigenvalue weighted by Crippen LogP contribution is 2.34. The number of anilines is 1. The molecule has 0 spiro atoms. The number of likely N-dealkylation sites (tertiary alicyclic amines) is 1. The van der Waals surface area contributed by atoms with Gasteiger partial charge in [0.1, 0.15) is 5.82 Å². The van der Waals surface area contributed by atoms with Gasteiger partial charge >= 0.3 is 0 Å². The van der Waals surface area contributed by atoms with Gasteiger partial charge < -0.3 is 15.5 Å². The van der Waals surface area contributed by atoms with E-state index in [1.165, 1.54) is 28.9 Å². The number of nitrogens with one attached hydrogen (secondary N) is 2. The molecule has 1 amide bonds. The highest BCUT2D eigenvalue weighted by atomic mass is 19.1. The molecule has 2 aliphatic rings. The zero-order chi connectivity index (χ0) is 20.6. The number of carbonyl (C=O) groups is 1. The van der Waals surface area contributed by atoms with Gasteiger partial charge in [0.05, 0.1) is 6.04 Å². The Morgan fingerprint density at radius 1 is 1.21 bits per heavy atom. The average molecular weight is 398 g/mol. The van der Waals surface area contributed by atoms with Gasteiger partial charge in [-0.25, -0.2) is 4.39 Å². The first-order valence-electron chi connectivity index (χ1n) is 10.6. The minimum atomic E-state index is -0.178. The molecule has 1 unspecified atom stereocenters. The van der Waals surface area contributed by atoms with Gasteiger partial charge in [0, 0.05) is 19.2 Å². The molecule has 1 saturated heterocycles. The summed E-state index contributed by atoms with van der Waals surface area (Å²) in [7, 11) is 0. The predicted molar refractivity (Wildman–Crippen MR) is 116 cm³/mol. The quantitative estimate of drug-likeness (QED) is 0.804. The van der Waals surface area contributed by atoms with E-state index in [4.69, 9.17) is 0 Å². The molecule has 4 nitrogen and oxygen atoms in total. The molecule has 0 aromatic heterocycles. The summed E-state index contributed by atoms with van der Waals surface area (Å²) in [6.45, 7) is 8.28. The Bertz CT molecular complexity index is 788. The molecule has 29 heavy (non-hydrogen) atoms. The Kier molecular flexibility index (Phi) is 7.64. The van der Waals surface area contributed by atoms with Gasteiger partial charge in [0.2, 0.25) is 5.91 Å². The monoisotopic (exact) mass is 397 g/mol. The normalized spacial score (nSPS) is 17.5. The molecule has 1 fully saturated rings. The molecule has 156 valence electrons. The van der Waals surface area contributed by atoms with E-state index in [9.17, 15) is 9.18 Å². The maximum absolute atomic E-state index is 11.9. The van der Waals surface area contributed by atoms with Crippen molar-refractivity contribution in [2.75, 3.05) is 31.5 Å². The zero-order valence-corrected chi connectivity index (χ0v) is 17.5. The molecule has 2 heterocycles. The molecule has 0 radical (unpaired) electrons. The Labute approximate surface area is 173 Å². The van der Waals surface area contributed by atoms with Crippen LogP contribution in [0.15, 0.2) is 48.5 Å². The van der Waals surface area contributed by atoms with Gasteiger partial charge in [-0.3, -0.25) is 4.79 Å². The number of nitrogens with zero attached hydrogens (tertiary/aromatic N) is 1. The summed E-state index contributed by atoms with van der Waals surface area (Å²) in [4.78, 5) is 14.2. The lowest BCUT2D eigenvalue weighted by atomic mass is 9.84. The highest BCUT2D eigenvalue weighted by molar-refractivity contribution is 5.73. The maximum Gasteiger partial charge on any atom is 0.217 e. The SMILES string of the molecule is CCN1CCC(C(NC(C)=O)c2ccc3c(c2)NCC3)CC1.Fc1ccccc1. The van der Waals surface area contributed by atoms with Crippen molar-refractivity contribution in [3.05, 3.63) is 65.5 Å². The van der Waals surface area contributed by atoms with Crippen molar-refractivity contribution >= 4 is 11.6 Å². The summed E-state index contributed by atoms with van der Waals surface area (Å²) in [6.07, 6.45) is 3.42. The van der Waals surface area contributed by atoms with E-state index in [2.05, 4.69) is 40.7 Å². The number of benzene rings is 2. The molecule has 2 aromatic carbocycles. The Morgan fingerprint density at radius 3 is 2.52 bits per heavy atom. The highest BCUT2D eigenvalue weighted by Gasteiger charge is 2.28. The van der Waals surface area contributed by atoms with Gasteiger partial charge in [-0.1, -0.05) is 37.3 Å². The van der Waals surface area contributed by atoms with E-state index in [1.54, 1.807) is 25.1 Å². The molecule has 0 bridgehead atoms. The maximum atomic E-state index is 11.9. The second-order valence-corrected chi connectivity index (χ2v) is 7.84. The van der Waals surface area contributed by atoms with Gasteiger partial charge in [0.15, 0.2) is 0 Å². The van der Waals surface area contributed by atoms with Crippen LogP contribution in [0.4, 0.5) is 10.1 Å². The van der Waals surface area contributed by atoms with Crippen LogP contribution < -0.4 is 10.6 Å². The summed E-state index contributed by atoms with van der Waals surface area (Å²) in [5.74, 6) is 0.421. The fourth-order valence-electron chi connectivity index (χ4n) is 4.21. The van der Waals surface area contributed by atoms with Crippen LogP contribution in [0.1, 0.15) is 43.9 Å². The van der Waals surface area contributed by atoms with Crippen molar-refractivity contribution in [1.82, 2.24) is 10.2 Å². The van der Waals surface area contributed by atoms with Crippen molar-refractivity contribution in [1.29, 1.82) is 0 Å². The van der Waals surface area contributed by atoms with E-state index in [1.807, 2.05) is 0 Å². The third-order valence-corrected chi connectivity index (χ3v) is 5.85. The molecule has 1 atom stereocenters. The lowest BCUT2D eigenvalue weighted by molar-refractivity contribution is -0.120. The minimum Gasteiger partial charge on any atom is -0.384 e. The number of rotatable bonds is 4. The lowest BCUT2D eigenvalue weighted by Gasteiger charge is -2.36. The van der Waals surface area contributed by atoms with Gasteiger partial charge in [-0.05, 0) is 74.1 Å². The molecule has 2 aliphatic heterocycles. The number of piperidine rings is 1. The molecule has 4 rings (SSSR count). The number of fused-ring (bicyclic) bond motifs is 1. The first-order chi connectivity index (χ1) is 14.1. The van der Waals surface area contributed by atoms with Crippen molar-refractivity contribution in [2.45, 2.75) is 39.2 Å². The van der Waals surface area contributed by atoms with Crippen LogP contribution in [0.2, 0.25) is 0 Å². The first-order valence-corrected chi connectivity index (χ1v) is 10.6. The van der Waals surface area contributed by atoms with Crippen molar-refractivity contribution < 1.29 is 9.18 Å². The predicted octanol–water partition coefficient (Wildman–Crippen LogP) is 4.39. The smallest absolute Gasteiger partial charge is 0.217 e. The molecule has 0 aliphatic carbocycles. The number of hydrogen-bond donors (Lipinski definition) is 2. The Balaban J connectivity index is 0.000000290. The number of amides is 1. The number of halogens is 1. The van der Waals surface area contributed by atoms with Crippen LogP contribution in [-0.2, 0) is 11.2 Å². The lowest BCUT2D eigenvalue weighted by Crippen LogP contribution is -2.40. The summed E-state index contributed by atoms with van der Waals surface area (Å²) in [6, 6.07) is 14.8. The molecule has 0 saturated carbocycles. The Hall–Kier alpha value is -2.40. The van der Waals surface area contributed by atoms with Crippen LogP contribution in [0, 0.1) is 11.7 Å². The van der Waals surface area contributed by atoms with Crippen molar-refractivity contribution in [3.63, 3.8) is 0 Å². The summed E-state index contributed by atoms with van der Waals surface area (Å²) in [5, 5.41) is 6.65. The molecular formula is C24H32FN3O. The summed E-state index contributed by atoms with van der Waals surface area (Å²) in [5.41, 5.74) is 3.89. The van der Waals surface area contributed by atoms with E-state index in [0.717, 1.165) is 45.4 Å². The number of hydrogen-bond acceptors (Lipinski definition) is 3. The number of carbonyl (C=O) groups excluding carboxylic acids is 1. The second kappa shape index (κ2) is 10.4. The van der Waals surface area contributed by atoms with Crippen LogP contribution in [0.25, 0.3) is 0 Å². The molecule has 2 aromatic rings. The second-order valence-electron chi connectivity index (χ2n) is 7.84. The Morgan fingerprint density at radius 2 is 1.93 bits per heavy atom.